The van der Waals surface area contributed by atoms with Crippen LogP contribution in [0.4, 0.5) is 17.1 Å². The minimum Gasteiger partial charge on any atom is -0.309 e. The molecule has 0 N–H and O–H groups in total. The first-order valence-corrected chi connectivity index (χ1v) is 23.9. The highest BCUT2D eigenvalue weighted by molar-refractivity contribution is 6.12. The van der Waals surface area contributed by atoms with Crippen molar-refractivity contribution in [2.75, 3.05) is 4.90 Å². The van der Waals surface area contributed by atoms with E-state index in [2.05, 4.69) is 282 Å². The summed E-state index contributed by atoms with van der Waals surface area (Å²) in [5.41, 5.74) is 19.0. The van der Waals surface area contributed by atoms with Gasteiger partial charge < -0.3 is 9.47 Å². The van der Waals surface area contributed by atoms with Crippen molar-refractivity contribution in [3.63, 3.8) is 0 Å². The number of hydrogen-bond acceptors (Lipinski definition) is 1. The van der Waals surface area contributed by atoms with Crippen LogP contribution in [0.5, 0.6) is 0 Å². The van der Waals surface area contributed by atoms with Crippen LogP contribution < -0.4 is 4.90 Å². The monoisotopic (exact) mass is 876 g/mol. The van der Waals surface area contributed by atoms with Crippen LogP contribution in [-0.4, -0.2) is 4.57 Å². The molecule has 330 valence electrons. The van der Waals surface area contributed by atoms with Crippen LogP contribution in [0.1, 0.15) is 52.7 Å². The van der Waals surface area contributed by atoms with Gasteiger partial charge in [0.15, 0.2) is 0 Å². The average Bonchev–Trinajstić information content (AvgIpc) is 3.70. The number of benzene rings is 10. The molecule has 0 aliphatic rings. The molecule has 11 rings (SSSR count). The van der Waals surface area contributed by atoms with Gasteiger partial charge in [0.05, 0.1) is 22.4 Å². The number of hydrogen-bond donors (Lipinski definition) is 0. The van der Waals surface area contributed by atoms with Crippen molar-refractivity contribution in [3.8, 4) is 50.2 Å². The highest BCUT2D eigenvalue weighted by atomic mass is 15.1. The van der Waals surface area contributed by atoms with Crippen molar-refractivity contribution in [2.24, 2.45) is 0 Å². The zero-order valence-corrected chi connectivity index (χ0v) is 39.8. The first kappa shape index (κ1) is 42.7. The number of nitrogens with zero attached hydrogens (tertiary/aromatic N) is 2. The molecule has 0 bridgehead atoms. The van der Waals surface area contributed by atoms with Gasteiger partial charge in [0, 0.05) is 33.3 Å². The molecule has 68 heavy (non-hydrogen) atoms. The number of fused-ring (bicyclic) bond motifs is 4. The van der Waals surface area contributed by atoms with Crippen LogP contribution >= 0.6 is 0 Å². The Morgan fingerprint density at radius 3 is 1.53 bits per heavy atom. The van der Waals surface area contributed by atoms with Crippen molar-refractivity contribution in [3.05, 3.63) is 242 Å². The van der Waals surface area contributed by atoms with Gasteiger partial charge >= 0.3 is 0 Å². The highest BCUT2D eigenvalue weighted by Crippen LogP contribution is 2.49. The third-order valence-electron chi connectivity index (χ3n) is 13.7. The van der Waals surface area contributed by atoms with E-state index in [-0.39, 0.29) is 10.8 Å². The van der Waals surface area contributed by atoms with Crippen molar-refractivity contribution < 1.29 is 0 Å². The molecule has 0 spiro atoms. The Bertz CT molecular complexity index is 3580. The maximum atomic E-state index is 2.50. The zero-order valence-electron chi connectivity index (χ0n) is 39.8. The summed E-state index contributed by atoms with van der Waals surface area (Å²) < 4.78 is 2.40. The van der Waals surface area contributed by atoms with Crippen LogP contribution in [0.15, 0.2) is 231 Å². The summed E-state index contributed by atoms with van der Waals surface area (Å²) in [5.74, 6) is 0. The summed E-state index contributed by atoms with van der Waals surface area (Å²) in [7, 11) is 0. The molecule has 2 heteroatoms. The molecular formula is C66H56N2. The summed E-state index contributed by atoms with van der Waals surface area (Å²) in [6, 6.07) is 85.1. The number of anilines is 3. The Labute approximate surface area is 401 Å². The van der Waals surface area contributed by atoms with Crippen molar-refractivity contribution in [1.82, 2.24) is 4.57 Å². The Morgan fingerprint density at radius 2 is 0.853 bits per heavy atom. The largest absolute Gasteiger partial charge is 0.309 e. The van der Waals surface area contributed by atoms with E-state index in [1.54, 1.807) is 0 Å². The lowest BCUT2D eigenvalue weighted by molar-refractivity contribution is 0.569. The van der Waals surface area contributed by atoms with E-state index in [0.29, 0.717) is 0 Å². The average molecular weight is 877 g/mol. The van der Waals surface area contributed by atoms with Crippen LogP contribution in [0.25, 0.3) is 82.8 Å². The maximum absolute atomic E-state index is 2.50. The van der Waals surface area contributed by atoms with E-state index in [1.165, 1.54) is 71.5 Å². The van der Waals surface area contributed by atoms with Crippen LogP contribution in [-0.2, 0) is 10.8 Å². The normalized spacial score (nSPS) is 12.0. The molecule has 0 fully saturated rings. The van der Waals surface area contributed by atoms with Crippen molar-refractivity contribution in [1.29, 1.82) is 0 Å². The molecule has 0 aliphatic carbocycles. The second kappa shape index (κ2) is 17.0. The summed E-state index contributed by atoms with van der Waals surface area (Å²) in [6.45, 7) is 13.9. The van der Waals surface area contributed by atoms with Crippen LogP contribution in [0, 0.1) is 0 Å². The summed E-state index contributed by atoms with van der Waals surface area (Å²) in [4.78, 5) is 2.50. The van der Waals surface area contributed by atoms with E-state index in [0.717, 1.165) is 39.4 Å². The smallest absolute Gasteiger partial charge is 0.0542 e. The predicted molar refractivity (Wildman–Crippen MR) is 292 cm³/mol. The van der Waals surface area contributed by atoms with Crippen molar-refractivity contribution in [2.45, 2.75) is 52.4 Å². The van der Waals surface area contributed by atoms with Gasteiger partial charge in [0.25, 0.3) is 0 Å². The number of rotatable bonds is 8. The van der Waals surface area contributed by atoms with Gasteiger partial charge in [0.1, 0.15) is 0 Å². The minimum atomic E-state index is -0.0136. The fraction of sp³-hybridized carbons (Fsp3) is 0.121. The molecule has 2 nitrogen and oxygen atoms in total. The Kier molecular flexibility index (Phi) is 10.7. The second-order valence-corrected chi connectivity index (χ2v) is 20.2. The third-order valence-corrected chi connectivity index (χ3v) is 13.7. The third kappa shape index (κ3) is 7.76. The van der Waals surface area contributed by atoms with Crippen LogP contribution in [0.2, 0.25) is 0 Å². The molecule has 10 aromatic carbocycles. The Hall–Kier alpha value is -7.94. The predicted octanol–water partition coefficient (Wildman–Crippen LogP) is 18.7. The molecular weight excluding hydrogens is 821 g/mol. The van der Waals surface area contributed by atoms with Gasteiger partial charge in [-0.2, -0.15) is 0 Å². The summed E-state index contributed by atoms with van der Waals surface area (Å²) in [5, 5.41) is 4.89. The van der Waals surface area contributed by atoms with Gasteiger partial charge in [-0.05, 0) is 115 Å². The standard InChI is InChI=1S/C66H56N2/c1-65(2,3)50-41-49(42-51(43-50)66(4,5)6)55-30-19-23-48-24-20-31-58(64(48)55)56-28-14-17-33-61(56)68(60-32-16-13-27-54(60)47-37-35-46(36-38-47)45-21-9-7-10-22-45)53-39-40-63-59(44-53)57-29-15-18-34-62(57)67(63)52-25-11-8-12-26-52/h7-44H,1-6H3. The SMILES string of the molecule is CC(C)(C)c1cc(-c2cccc3cccc(-c4ccccc4N(c4ccc5c(c4)c4ccccc4n5-c4ccccc4)c4ccccc4-c4ccc(-c5ccccc5)cc4)c23)cc(C(C)(C)C)c1. The second-order valence-electron chi connectivity index (χ2n) is 20.2. The maximum Gasteiger partial charge on any atom is 0.0542 e. The molecule has 0 saturated heterocycles. The fourth-order valence-corrected chi connectivity index (χ4v) is 10.1. The van der Waals surface area contributed by atoms with Gasteiger partial charge in [-0.15, -0.1) is 0 Å². The lowest BCUT2D eigenvalue weighted by Crippen LogP contribution is -2.16. The van der Waals surface area contributed by atoms with Gasteiger partial charge in [-0.1, -0.05) is 224 Å². The van der Waals surface area contributed by atoms with Gasteiger partial charge in [-0.25, -0.2) is 0 Å². The van der Waals surface area contributed by atoms with E-state index < -0.39 is 0 Å². The minimum absolute atomic E-state index is 0.0136. The first-order valence-electron chi connectivity index (χ1n) is 23.9. The first-order chi connectivity index (χ1) is 33.0. The summed E-state index contributed by atoms with van der Waals surface area (Å²) in [6.07, 6.45) is 0. The number of para-hydroxylation sites is 4. The lowest BCUT2D eigenvalue weighted by Gasteiger charge is -2.30. The molecule has 0 unspecified atom stereocenters. The quantitative estimate of drug-likeness (QED) is 0.148. The molecule has 0 saturated carbocycles. The van der Waals surface area contributed by atoms with E-state index in [1.807, 2.05) is 0 Å². The molecule has 0 aliphatic heterocycles. The Morgan fingerprint density at radius 1 is 0.338 bits per heavy atom. The van der Waals surface area contributed by atoms with Gasteiger partial charge in [0.2, 0.25) is 0 Å². The molecule has 0 amide bonds. The lowest BCUT2D eigenvalue weighted by atomic mass is 9.78. The molecule has 0 atom stereocenters. The topological polar surface area (TPSA) is 8.17 Å². The molecule has 1 aromatic heterocycles. The molecule has 11 aromatic rings. The fourth-order valence-electron chi connectivity index (χ4n) is 10.1. The highest BCUT2D eigenvalue weighted by Gasteiger charge is 2.25. The Balaban J connectivity index is 1.17. The van der Waals surface area contributed by atoms with E-state index >= 15 is 0 Å². The van der Waals surface area contributed by atoms with E-state index in [4.69, 9.17) is 0 Å². The van der Waals surface area contributed by atoms with E-state index in [9.17, 15) is 0 Å². The molecule has 1 heterocycles. The zero-order chi connectivity index (χ0) is 46.6. The van der Waals surface area contributed by atoms with Crippen LogP contribution in [0.3, 0.4) is 0 Å². The van der Waals surface area contributed by atoms with Gasteiger partial charge in [-0.3, -0.25) is 0 Å². The number of aromatic nitrogens is 1. The van der Waals surface area contributed by atoms with Crippen molar-refractivity contribution >= 4 is 49.6 Å². The molecule has 0 radical (unpaired) electrons. The summed E-state index contributed by atoms with van der Waals surface area (Å²) >= 11 is 0.